The Hall–Kier alpha value is -1.92. The average molecular weight is 312 g/mol. The Labute approximate surface area is 125 Å². The van der Waals surface area contributed by atoms with Gasteiger partial charge in [0.2, 0.25) is 5.88 Å². The van der Waals surface area contributed by atoms with E-state index in [1.165, 1.54) is 19.2 Å². The number of thiocarbonyl (C=S) groups is 1. The second-order valence-corrected chi connectivity index (χ2v) is 4.61. The minimum atomic E-state index is -0.509. The lowest BCUT2D eigenvalue weighted by molar-refractivity contribution is 0.398. The molecule has 0 spiro atoms. The third-order valence-electron chi connectivity index (χ3n) is 2.38. The monoisotopic (exact) mass is 311 g/mol. The first kappa shape index (κ1) is 14.5. The SMILES string of the molecule is COc1ccc(NC(=S)Nc2ccc(Cl)c(F)c2)cn1. The van der Waals surface area contributed by atoms with Crippen LogP contribution in [-0.2, 0) is 0 Å². The Bertz CT molecular complexity index is 622. The van der Waals surface area contributed by atoms with E-state index in [1.54, 1.807) is 24.4 Å². The van der Waals surface area contributed by atoms with Crippen molar-refractivity contribution >= 4 is 40.3 Å². The van der Waals surface area contributed by atoms with Crippen LogP contribution in [0.15, 0.2) is 36.5 Å². The Kier molecular flexibility index (Phi) is 4.70. The highest BCUT2D eigenvalue weighted by Crippen LogP contribution is 2.19. The Morgan fingerprint density at radius 2 is 1.95 bits per heavy atom. The minimum absolute atomic E-state index is 0.0637. The maximum atomic E-state index is 13.3. The molecule has 7 heteroatoms. The van der Waals surface area contributed by atoms with E-state index in [9.17, 15) is 4.39 Å². The smallest absolute Gasteiger partial charge is 0.213 e. The summed E-state index contributed by atoms with van der Waals surface area (Å²) in [5.74, 6) is -0.000203. The molecule has 0 aliphatic heterocycles. The average Bonchev–Trinajstić information content (AvgIpc) is 2.44. The van der Waals surface area contributed by atoms with Crippen molar-refractivity contribution in [3.05, 3.63) is 47.4 Å². The molecule has 0 radical (unpaired) electrons. The Balaban J connectivity index is 1.99. The van der Waals surface area contributed by atoms with Crippen molar-refractivity contribution in [3.8, 4) is 5.88 Å². The van der Waals surface area contributed by atoms with Crippen LogP contribution < -0.4 is 15.4 Å². The highest BCUT2D eigenvalue weighted by molar-refractivity contribution is 7.80. The predicted molar refractivity (Wildman–Crippen MR) is 82.0 cm³/mol. The first-order valence-electron chi connectivity index (χ1n) is 5.61. The number of rotatable bonds is 3. The summed E-state index contributed by atoms with van der Waals surface area (Å²) in [4.78, 5) is 4.03. The molecule has 0 amide bonds. The normalized spacial score (nSPS) is 9.95. The summed E-state index contributed by atoms with van der Waals surface area (Å²) in [6.07, 6.45) is 1.58. The molecule has 1 aromatic heterocycles. The van der Waals surface area contributed by atoms with Crippen LogP contribution in [0.4, 0.5) is 15.8 Å². The first-order chi connectivity index (χ1) is 9.58. The van der Waals surface area contributed by atoms with Gasteiger partial charge in [-0.25, -0.2) is 9.37 Å². The number of nitrogens with one attached hydrogen (secondary N) is 2. The lowest BCUT2D eigenvalue weighted by Crippen LogP contribution is -2.19. The fourth-order valence-corrected chi connectivity index (χ4v) is 1.80. The van der Waals surface area contributed by atoms with Crippen molar-refractivity contribution in [2.45, 2.75) is 0 Å². The van der Waals surface area contributed by atoms with Crippen molar-refractivity contribution < 1.29 is 9.13 Å². The molecule has 0 atom stereocenters. The highest BCUT2D eigenvalue weighted by Gasteiger charge is 2.03. The van der Waals surface area contributed by atoms with Crippen molar-refractivity contribution in [2.75, 3.05) is 17.7 Å². The number of pyridine rings is 1. The third kappa shape index (κ3) is 3.79. The quantitative estimate of drug-likeness (QED) is 0.847. The van der Waals surface area contributed by atoms with Gasteiger partial charge in [0.25, 0.3) is 0 Å². The van der Waals surface area contributed by atoms with E-state index in [2.05, 4.69) is 15.6 Å². The van der Waals surface area contributed by atoms with Crippen LogP contribution in [0.2, 0.25) is 5.02 Å². The number of halogens is 2. The molecular formula is C13H11ClFN3OS. The van der Waals surface area contributed by atoms with E-state index < -0.39 is 5.82 Å². The first-order valence-corrected chi connectivity index (χ1v) is 6.40. The number of anilines is 2. The van der Waals surface area contributed by atoms with Gasteiger partial charge in [-0.15, -0.1) is 0 Å². The van der Waals surface area contributed by atoms with Gasteiger partial charge in [0.15, 0.2) is 5.11 Å². The fraction of sp³-hybridized carbons (Fsp3) is 0.0769. The predicted octanol–water partition coefficient (Wildman–Crippen LogP) is 3.69. The molecule has 0 saturated carbocycles. The van der Waals surface area contributed by atoms with Gasteiger partial charge in [-0.05, 0) is 36.5 Å². The van der Waals surface area contributed by atoms with Gasteiger partial charge < -0.3 is 15.4 Å². The van der Waals surface area contributed by atoms with Gasteiger partial charge in [-0.3, -0.25) is 0 Å². The molecule has 1 heterocycles. The molecule has 0 fully saturated rings. The molecule has 0 bridgehead atoms. The standard InChI is InChI=1S/C13H11ClFN3OS/c1-19-12-5-3-9(7-16-12)18-13(20)17-8-2-4-10(14)11(15)6-8/h2-7H,1H3,(H2,17,18,20). The molecule has 0 saturated heterocycles. The van der Waals surface area contributed by atoms with Crippen molar-refractivity contribution in [2.24, 2.45) is 0 Å². The summed E-state index contributed by atoms with van der Waals surface area (Å²) < 4.78 is 18.2. The van der Waals surface area contributed by atoms with Crippen LogP contribution in [0.5, 0.6) is 5.88 Å². The van der Waals surface area contributed by atoms with Gasteiger partial charge >= 0.3 is 0 Å². The topological polar surface area (TPSA) is 46.2 Å². The van der Waals surface area contributed by atoms with E-state index in [4.69, 9.17) is 28.6 Å². The lowest BCUT2D eigenvalue weighted by Gasteiger charge is -2.10. The second-order valence-electron chi connectivity index (χ2n) is 3.80. The minimum Gasteiger partial charge on any atom is -0.481 e. The number of ether oxygens (including phenoxy) is 1. The van der Waals surface area contributed by atoms with Crippen molar-refractivity contribution in [3.63, 3.8) is 0 Å². The third-order valence-corrected chi connectivity index (χ3v) is 2.89. The van der Waals surface area contributed by atoms with Crippen LogP contribution >= 0.6 is 23.8 Å². The molecule has 0 unspecified atom stereocenters. The zero-order valence-corrected chi connectivity index (χ0v) is 12.1. The van der Waals surface area contributed by atoms with Gasteiger partial charge in [-0.2, -0.15) is 0 Å². The molecule has 104 valence electrons. The van der Waals surface area contributed by atoms with Crippen LogP contribution in [0.25, 0.3) is 0 Å². The summed E-state index contributed by atoms with van der Waals surface area (Å²) in [5.41, 5.74) is 1.20. The van der Waals surface area contributed by atoms with E-state index >= 15 is 0 Å². The zero-order valence-electron chi connectivity index (χ0n) is 10.5. The van der Waals surface area contributed by atoms with Crippen LogP contribution in [-0.4, -0.2) is 17.2 Å². The molecule has 0 aliphatic carbocycles. The molecule has 20 heavy (non-hydrogen) atoms. The number of methoxy groups -OCH3 is 1. The van der Waals surface area contributed by atoms with Crippen molar-refractivity contribution in [1.29, 1.82) is 0 Å². The molecule has 2 rings (SSSR count). The Morgan fingerprint density at radius 3 is 2.55 bits per heavy atom. The molecule has 1 aromatic carbocycles. The number of aromatic nitrogens is 1. The van der Waals surface area contributed by atoms with Gasteiger partial charge in [0.1, 0.15) is 5.82 Å². The Morgan fingerprint density at radius 1 is 1.25 bits per heavy atom. The van der Waals surface area contributed by atoms with E-state index in [0.29, 0.717) is 22.4 Å². The zero-order chi connectivity index (χ0) is 14.5. The molecule has 2 aromatic rings. The molecule has 2 N–H and O–H groups in total. The highest BCUT2D eigenvalue weighted by atomic mass is 35.5. The largest absolute Gasteiger partial charge is 0.481 e. The maximum Gasteiger partial charge on any atom is 0.213 e. The fourth-order valence-electron chi connectivity index (χ4n) is 1.44. The van der Waals surface area contributed by atoms with Crippen LogP contribution in [0, 0.1) is 5.82 Å². The number of nitrogens with zero attached hydrogens (tertiary/aromatic N) is 1. The van der Waals surface area contributed by atoms with Gasteiger partial charge in [0, 0.05) is 11.8 Å². The lowest BCUT2D eigenvalue weighted by atomic mass is 10.3. The second kappa shape index (κ2) is 6.49. The summed E-state index contributed by atoms with van der Waals surface area (Å²) >= 11 is 10.7. The number of benzene rings is 1. The maximum absolute atomic E-state index is 13.3. The van der Waals surface area contributed by atoms with E-state index in [0.717, 1.165) is 0 Å². The summed E-state index contributed by atoms with van der Waals surface area (Å²) in [6, 6.07) is 7.82. The molecular weight excluding hydrogens is 301 g/mol. The number of hydrogen-bond donors (Lipinski definition) is 2. The van der Waals surface area contributed by atoms with Crippen LogP contribution in [0.1, 0.15) is 0 Å². The summed E-state index contributed by atoms with van der Waals surface area (Å²) in [6.45, 7) is 0. The van der Waals surface area contributed by atoms with E-state index in [1.807, 2.05) is 0 Å². The summed E-state index contributed by atoms with van der Waals surface area (Å²) in [7, 11) is 1.54. The van der Waals surface area contributed by atoms with Crippen LogP contribution in [0.3, 0.4) is 0 Å². The molecule has 4 nitrogen and oxygen atoms in total. The molecule has 0 aliphatic rings. The number of hydrogen-bond acceptors (Lipinski definition) is 3. The van der Waals surface area contributed by atoms with Crippen molar-refractivity contribution in [1.82, 2.24) is 4.98 Å². The van der Waals surface area contributed by atoms with Gasteiger partial charge in [-0.1, -0.05) is 11.6 Å². The summed E-state index contributed by atoms with van der Waals surface area (Å²) in [5, 5.41) is 6.15. The van der Waals surface area contributed by atoms with Gasteiger partial charge in [0.05, 0.1) is 24.0 Å². The van der Waals surface area contributed by atoms with E-state index in [-0.39, 0.29) is 5.02 Å².